The van der Waals surface area contributed by atoms with Gasteiger partial charge in [0.2, 0.25) is 0 Å². The van der Waals surface area contributed by atoms with Gasteiger partial charge in [0.15, 0.2) is 5.11 Å². The molecule has 22 heavy (non-hydrogen) atoms. The number of thiocarbonyl (C=S) groups is 1. The number of hydrogen-bond acceptors (Lipinski definition) is 2. The molecule has 0 saturated heterocycles. The number of alkyl halides is 2. The van der Waals surface area contributed by atoms with Gasteiger partial charge in [-0.05, 0) is 48.5 Å². The van der Waals surface area contributed by atoms with E-state index in [0.717, 1.165) is 18.7 Å². The first-order valence-electron chi connectivity index (χ1n) is 6.77. The lowest BCUT2D eigenvalue weighted by atomic mass is 10.1. The van der Waals surface area contributed by atoms with E-state index in [2.05, 4.69) is 22.8 Å². The van der Waals surface area contributed by atoms with Gasteiger partial charge in [-0.2, -0.15) is 8.78 Å². The summed E-state index contributed by atoms with van der Waals surface area (Å²) in [6.07, 6.45) is 0.882. The van der Waals surface area contributed by atoms with Crippen molar-refractivity contribution >= 4 is 34.8 Å². The van der Waals surface area contributed by atoms with Crippen LogP contribution < -0.4 is 10.6 Å². The minimum Gasteiger partial charge on any atom is -0.362 e. The minimum atomic E-state index is -2.40. The molecule has 0 aliphatic heterocycles. The topological polar surface area (TPSA) is 24.1 Å². The fraction of sp³-hybridized carbons (Fsp3) is 0.188. The first-order chi connectivity index (χ1) is 10.6. The van der Waals surface area contributed by atoms with E-state index >= 15 is 0 Å². The molecule has 2 rings (SSSR count). The van der Waals surface area contributed by atoms with Crippen molar-refractivity contribution in [2.75, 3.05) is 11.9 Å². The number of nitrogens with one attached hydrogen (secondary N) is 2. The second-order valence-corrected chi connectivity index (χ2v) is 5.99. The molecular formula is C16H16F2N2S2. The Balaban J connectivity index is 1.74. The van der Waals surface area contributed by atoms with Gasteiger partial charge in [0.05, 0.1) is 0 Å². The Morgan fingerprint density at radius 3 is 2.36 bits per heavy atom. The molecule has 2 N–H and O–H groups in total. The maximum atomic E-state index is 12.2. The molecule has 0 amide bonds. The zero-order chi connectivity index (χ0) is 15.8. The molecule has 6 heteroatoms. The SMILES string of the molecule is FC(F)Sc1ccc(NC(=S)NCCc2ccccc2)cc1. The Hall–Kier alpha value is -1.66. The van der Waals surface area contributed by atoms with E-state index < -0.39 is 5.76 Å². The molecule has 0 fully saturated rings. The quantitative estimate of drug-likeness (QED) is 0.597. The first kappa shape index (κ1) is 16.7. The van der Waals surface area contributed by atoms with Crippen molar-refractivity contribution in [2.45, 2.75) is 17.1 Å². The Morgan fingerprint density at radius 1 is 1.05 bits per heavy atom. The van der Waals surface area contributed by atoms with Crippen molar-refractivity contribution in [3.8, 4) is 0 Å². The van der Waals surface area contributed by atoms with E-state index in [-0.39, 0.29) is 0 Å². The van der Waals surface area contributed by atoms with Crippen molar-refractivity contribution in [1.82, 2.24) is 5.32 Å². The number of hydrogen-bond donors (Lipinski definition) is 2. The molecule has 2 aromatic carbocycles. The lowest BCUT2D eigenvalue weighted by molar-refractivity contribution is 0.252. The van der Waals surface area contributed by atoms with Crippen LogP contribution in [-0.4, -0.2) is 17.4 Å². The van der Waals surface area contributed by atoms with Crippen LogP contribution in [0.15, 0.2) is 59.5 Å². The maximum absolute atomic E-state index is 12.2. The molecule has 0 heterocycles. The third kappa shape index (κ3) is 5.99. The number of halogens is 2. The normalized spacial score (nSPS) is 10.5. The van der Waals surface area contributed by atoms with Crippen molar-refractivity contribution in [2.24, 2.45) is 0 Å². The van der Waals surface area contributed by atoms with E-state index in [4.69, 9.17) is 12.2 Å². The predicted molar refractivity (Wildman–Crippen MR) is 92.7 cm³/mol. The summed E-state index contributed by atoms with van der Waals surface area (Å²) >= 11 is 5.73. The summed E-state index contributed by atoms with van der Waals surface area (Å²) in [6, 6.07) is 16.9. The smallest absolute Gasteiger partial charge is 0.288 e. The van der Waals surface area contributed by atoms with Gasteiger partial charge in [-0.3, -0.25) is 0 Å². The van der Waals surface area contributed by atoms with Crippen LogP contribution in [-0.2, 0) is 6.42 Å². The molecule has 0 bridgehead atoms. The van der Waals surface area contributed by atoms with Crippen LogP contribution in [0.5, 0.6) is 0 Å². The summed E-state index contributed by atoms with van der Waals surface area (Å²) in [5.41, 5.74) is 2.02. The van der Waals surface area contributed by atoms with Gasteiger partial charge in [0.25, 0.3) is 5.76 Å². The largest absolute Gasteiger partial charge is 0.362 e. The summed E-state index contributed by atoms with van der Waals surface area (Å²) in [6.45, 7) is 0.731. The van der Waals surface area contributed by atoms with Crippen LogP contribution in [0.25, 0.3) is 0 Å². The Labute approximate surface area is 138 Å². The molecule has 0 radical (unpaired) electrons. The molecule has 0 saturated carbocycles. The van der Waals surface area contributed by atoms with Crippen LogP contribution in [0.1, 0.15) is 5.56 Å². The molecule has 116 valence electrons. The lowest BCUT2D eigenvalue weighted by Gasteiger charge is -2.11. The highest BCUT2D eigenvalue weighted by Gasteiger charge is 2.05. The molecule has 0 aliphatic carbocycles. The molecule has 0 atom stereocenters. The summed E-state index contributed by atoms with van der Waals surface area (Å²) in [7, 11) is 0. The second kappa shape index (κ2) is 8.70. The molecule has 2 nitrogen and oxygen atoms in total. The van der Waals surface area contributed by atoms with Gasteiger partial charge in [-0.15, -0.1) is 0 Å². The Bertz CT molecular complexity index is 589. The third-order valence-corrected chi connectivity index (χ3v) is 3.85. The number of rotatable bonds is 6. The zero-order valence-electron chi connectivity index (χ0n) is 11.8. The maximum Gasteiger partial charge on any atom is 0.288 e. The Kier molecular flexibility index (Phi) is 6.61. The lowest BCUT2D eigenvalue weighted by Crippen LogP contribution is -2.30. The van der Waals surface area contributed by atoms with Crippen LogP contribution in [0.3, 0.4) is 0 Å². The van der Waals surface area contributed by atoms with Crippen molar-refractivity contribution < 1.29 is 8.78 Å². The van der Waals surface area contributed by atoms with E-state index in [1.165, 1.54) is 5.56 Å². The zero-order valence-corrected chi connectivity index (χ0v) is 13.4. The van der Waals surface area contributed by atoms with Crippen molar-refractivity contribution in [3.63, 3.8) is 0 Å². The fourth-order valence-electron chi connectivity index (χ4n) is 1.86. The van der Waals surface area contributed by atoms with Crippen LogP contribution in [0, 0.1) is 0 Å². The van der Waals surface area contributed by atoms with Gasteiger partial charge >= 0.3 is 0 Å². The summed E-state index contributed by atoms with van der Waals surface area (Å²) in [4.78, 5) is 0.531. The van der Waals surface area contributed by atoms with E-state index in [1.807, 2.05) is 18.2 Å². The summed E-state index contributed by atoms with van der Waals surface area (Å²) < 4.78 is 24.5. The van der Waals surface area contributed by atoms with E-state index in [1.54, 1.807) is 24.3 Å². The standard InChI is InChI=1S/C16H16F2N2S2/c17-15(18)22-14-8-6-13(7-9-14)20-16(21)19-11-10-12-4-2-1-3-5-12/h1-9,15H,10-11H2,(H2,19,20,21). The molecule has 0 spiro atoms. The van der Waals surface area contributed by atoms with Gasteiger partial charge in [-0.25, -0.2) is 0 Å². The average molecular weight is 338 g/mol. The van der Waals surface area contributed by atoms with E-state index in [9.17, 15) is 8.78 Å². The van der Waals surface area contributed by atoms with Gasteiger partial charge in [-0.1, -0.05) is 42.1 Å². The average Bonchev–Trinajstić information content (AvgIpc) is 2.50. The second-order valence-electron chi connectivity index (χ2n) is 4.52. The molecule has 0 unspecified atom stereocenters. The van der Waals surface area contributed by atoms with Gasteiger partial charge in [0, 0.05) is 17.1 Å². The highest BCUT2D eigenvalue weighted by atomic mass is 32.2. The summed E-state index contributed by atoms with van der Waals surface area (Å²) in [5, 5.41) is 6.67. The van der Waals surface area contributed by atoms with Crippen LogP contribution in [0.2, 0.25) is 0 Å². The van der Waals surface area contributed by atoms with Gasteiger partial charge < -0.3 is 10.6 Å². The third-order valence-electron chi connectivity index (χ3n) is 2.88. The molecule has 2 aromatic rings. The van der Waals surface area contributed by atoms with Crippen LogP contribution >= 0.6 is 24.0 Å². The monoisotopic (exact) mass is 338 g/mol. The molecule has 0 aliphatic rings. The molecular weight excluding hydrogens is 322 g/mol. The van der Waals surface area contributed by atoms with Gasteiger partial charge in [0.1, 0.15) is 0 Å². The highest BCUT2D eigenvalue weighted by molar-refractivity contribution is 7.99. The number of benzene rings is 2. The van der Waals surface area contributed by atoms with Crippen LogP contribution in [0.4, 0.5) is 14.5 Å². The first-order valence-corrected chi connectivity index (χ1v) is 8.06. The van der Waals surface area contributed by atoms with E-state index in [0.29, 0.717) is 21.8 Å². The predicted octanol–water partition coefficient (Wildman–Crippen LogP) is 4.53. The number of anilines is 1. The molecule has 0 aromatic heterocycles. The van der Waals surface area contributed by atoms with Crippen molar-refractivity contribution in [3.05, 3.63) is 60.2 Å². The highest BCUT2D eigenvalue weighted by Crippen LogP contribution is 2.26. The fourth-order valence-corrected chi connectivity index (χ4v) is 2.58. The minimum absolute atomic E-state index is 0.519. The number of thioether (sulfide) groups is 1. The Morgan fingerprint density at radius 2 is 1.73 bits per heavy atom. The summed E-state index contributed by atoms with van der Waals surface area (Å²) in [5.74, 6) is -2.40. The van der Waals surface area contributed by atoms with Crippen molar-refractivity contribution in [1.29, 1.82) is 0 Å².